The summed E-state index contributed by atoms with van der Waals surface area (Å²) in [7, 11) is 0. The lowest BCUT2D eigenvalue weighted by Crippen LogP contribution is -2.54. The fourth-order valence-electron chi connectivity index (χ4n) is 2.56. The number of rotatable bonds is 6. The zero-order valence-corrected chi connectivity index (χ0v) is 14.1. The van der Waals surface area contributed by atoms with Crippen molar-refractivity contribution in [1.82, 2.24) is 4.90 Å². The Bertz CT molecular complexity index is 285. The number of piperidine rings is 1. The summed E-state index contributed by atoms with van der Waals surface area (Å²) in [6, 6.07) is 0.213. The van der Waals surface area contributed by atoms with E-state index in [9.17, 15) is 4.79 Å². The van der Waals surface area contributed by atoms with Gasteiger partial charge >= 0.3 is 0 Å². The molecule has 1 rings (SSSR count). The molecule has 0 saturated carbocycles. The van der Waals surface area contributed by atoms with Crippen LogP contribution < -0.4 is 5.73 Å². The Morgan fingerprint density at radius 1 is 1.30 bits per heavy atom. The van der Waals surface area contributed by atoms with E-state index >= 15 is 0 Å². The quantitative estimate of drug-likeness (QED) is 0.820. The second-order valence-electron chi connectivity index (χ2n) is 6.15. The predicted molar refractivity (Wildman–Crippen MR) is 85.1 cm³/mol. The molecule has 1 aliphatic rings. The van der Waals surface area contributed by atoms with Gasteiger partial charge in [-0.2, -0.15) is 0 Å². The summed E-state index contributed by atoms with van der Waals surface area (Å²) < 4.78 is 5.66. The molecule has 120 valence electrons. The SMILES string of the molecule is CC(C)CCOC(C)C(=O)N1CCCCC1C(C)N.Cl. The molecule has 4 nitrogen and oxygen atoms in total. The molecule has 3 unspecified atom stereocenters. The summed E-state index contributed by atoms with van der Waals surface area (Å²) in [6.07, 6.45) is 3.90. The van der Waals surface area contributed by atoms with E-state index in [0.29, 0.717) is 12.5 Å². The minimum absolute atomic E-state index is 0. The van der Waals surface area contributed by atoms with Crippen molar-refractivity contribution in [2.45, 2.75) is 71.6 Å². The van der Waals surface area contributed by atoms with Crippen molar-refractivity contribution in [2.24, 2.45) is 11.7 Å². The second-order valence-corrected chi connectivity index (χ2v) is 6.15. The van der Waals surface area contributed by atoms with Crippen molar-refractivity contribution in [1.29, 1.82) is 0 Å². The van der Waals surface area contributed by atoms with Crippen molar-refractivity contribution >= 4 is 18.3 Å². The lowest BCUT2D eigenvalue weighted by Gasteiger charge is -2.39. The number of likely N-dealkylation sites (tertiary alicyclic amines) is 1. The maximum absolute atomic E-state index is 12.4. The Balaban J connectivity index is 0.00000361. The summed E-state index contributed by atoms with van der Waals surface area (Å²) in [4.78, 5) is 14.4. The Kier molecular flexibility index (Phi) is 9.43. The van der Waals surface area contributed by atoms with Gasteiger partial charge in [-0.25, -0.2) is 0 Å². The summed E-state index contributed by atoms with van der Waals surface area (Å²) in [5.74, 6) is 0.708. The number of nitrogens with zero attached hydrogens (tertiary/aromatic N) is 1. The van der Waals surface area contributed by atoms with Crippen LogP contribution in [0.15, 0.2) is 0 Å². The molecule has 1 aliphatic heterocycles. The third-order valence-electron chi connectivity index (χ3n) is 3.85. The zero-order valence-electron chi connectivity index (χ0n) is 13.3. The monoisotopic (exact) mass is 306 g/mol. The van der Waals surface area contributed by atoms with Crippen LogP contribution in [0.5, 0.6) is 0 Å². The van der Waals surface area contributed by atoms with Gasteiger partial charge in [0.2, 0.25) is 0 Å². The van der Waals surface area contributed by atoms with Crippen LogP contribution >= 0.6 is 12.4 Å². The third kappa shape index (κ3) is 5.98. The molecule has 1 saturated heterocycles. The molecule has 0 aliphatic carbocycles. The minimum atomic E-state index is -0.349. The van der Waals surface area contributed by atoms with Gasteiger partial charge in [0.25, 0.3) is 5.91 Å². The van der Waals surface area contributed by atoms with Crippen LogP contribution in [-0.4, -0.2) is 42.1 Å². The summed E-state index contributed by atoms with van der Waals surface area (Å²) >= 11 is 0. The molecular weight excluding hydrogens is 276 g/mol. The van der Waals surface area contributed by atoms with Gasteiger partial charge in [-0.1, -0.05) is 13.8 Å². The normalized spacial score (nSPS) is 22.3. The van der Waals surface area contributed by atoms with Crippen molar-refractivity contribution in [2.75, 3.05) is 13.2 Å². The van der Waals surface area contributed by atoms with Gasteiger partial charge in [0, 0.05) is 25.2 Å². The lowest BCUT2D eigenvalue weighted by atomic mass is 9.96. The first-order valence-corrected chi connectivity index (χ1v) is 7.61. The van der Waals surface area contributed by atoms with E-state index in [0.717, 1.165) is 25.8 Å². The number of amides is 1. The summed E-state index contributed by atoms with van der Waals surface area (Å²) in [5, 5.41) is 0. The standard InChI is InChI=1S/C15H30N2O2.ClH/c1-11(2)8-10-19-13(4)15(18)17-9-6-5-7-14(17)12(3)16;/h11-14H,5-10,16H2,1-4H3;1H. The maximum atomic E-state index is 12.4. The van der Waals surface area contributed by atoms with E-state index in [1.165, 1.54) is 6.42 Å². The predicted octanol–water partition coefficient (Wildman–Crippen LogP) is 2.59. The third-order valence-corrected chi connectivity index (χ3v) is 3.85. The van der Waals surface area contributed by atoms with Crippen LogP contribution in [0.1, 0.15) is 53.4 Å². The van der Waals surface area contributed by atoms with Gasteiger partial charge in [-0.3, -0.25) is 4.79 Å². The number of carbonyl (C=O) groups is 1. The van der Waals surface area contributed by atoms with Crippen molar-refractivity contribution in [3.8, 4) is 0 Å². The lowest BCUT2D eigenvalue weighted by molar-refractivity contribution is -0.147. The molecule has 0 aromatic rings. The highest BCUT2D eigenvalue weighted by molar-refractivity contribution is 5.85. The van der Waals surface area contributed by atoms with Gasteiger partial charge < -0.3 is 15.4 Å². The Morgan fingerprint density at radius 3 is 2.50 bits per heavy atom. The summed E-state index contributed by atoms with van der Waals surface area (Å²) in [5.41, 5.74) is 6.00. The Hall–Kier alpha value is -0.320. The van der Waals surface area contributed by atoms with E-state index in [1.54, 1.807) is 0 Å². The molecular formula is C15H31ClN2O2. The molecule has 0 bridgehead atoms. The molecule has 0 radical (unpaired) electrons. The first kappa shape index (κ1) is 19.7. The van der Waals surface area contributed by atoms with Gasteiger partial charge in [0.15, 0.2) is 0 Å². The summed E-state index contributed by atoms with van der Waals surface area (Å²) in [6.45, 7) is 9.64. The van der Waals surface area contributed by atoms with Gasteiger partial charge in [-0.05, 0) is 45.4 Å². The highest BCUT2D eigenvalue weighted by Gasteiger charge is 2.31. The molecule has 5 heteroatoms. The number of carbonyl (C=O) groups excluding carboxylic acids is 1. The topological polar surface area (TPSA) is 55.6 Å². The molecule has 1 amide bonds. The first-order chi connectivity index (χ1) is 8.93. The molecule has 1 fully saturated rings. The smallest absolute Gasteiger partial charge is 0.251 e. The van der Waals surface area contributed by atoms with Crippen molar-refractivity contribution in [3.63, 3.8) is 0 Å². The molecule has 2 N–H and O–H groups in total. The van der Waals surface area contributed by atoms with Crippen LogP contribution in [-0.2, 0) is 9.53 Å². The molecule has 1 heterocycles. The number of hydrogen-bond donors (Lipinski definition) is 1. The van der Waals surface area contributed by atoms with Crippen LogP contribution in [0.4, 0.5) is 0 Å². The Morgan fingerprint density at radius 2 is 1.95 bits per heavy atom. The minimum Gasteiger partial charge on any atom is -0.369 e. The number of nitrogens with two attached hydrogens (primary N) is 1. The molecule has 0 aromatic carbocycles. The average molecular weight is 307 g/mol. The number of hydrogen-bond acceptors (Lipinski definition) is 3. The van der Waals surface area contributed by atoms with E-state index < -0.39 is 0 Å². The highest BCUT2D eigenvalue weighted by atomic mass is 35.5. The second kappa shape index (κ2) is 9.59. The highest BCUT2D eigenvalue weighted by Crippen LogP contribution is 2.20. The molecule has 20 heavy (non-hydrogen) atoms. The number of halogens is 1. The zero-order chi connectivity index (χ0) is 14.4. The van der Waals surface area contributed by atoms with Crippen molar-refractivity contribution in [3.05, 3.63) is 0 Å². The Labute approximate surface area is 129 Å². The largest absolute Gasteiger partial charge is 0.369 e. The van der Waals surface area contributed by atoms with Crippen LogP contribution in [0.3, 0.4) is 0 Å². The number of ether oxygens (including phenoxy) is 1. The fraction of sp³-hybridized carbons (Fsp3) is 0.933. The average Bonchev–Trinajstić information content (AvgIpc) is 2.37. The van der Waals surface area contributed by atoms with E-state index in [1.807, 2.05) is 18.7 Å². The van der Waals surface area contributed by atoms with Gasteiger partial charge in [-0.15, -0.1) is 12.4 Å². The van der Waals surface area contributed by atoms with Gasteiger partial charge in [0.05, 0.1) is 0 Å². The first-order valence-electron chi connectivity index (χ1n) is 7.61. The van der Waals surface area contributed by atoms with Gasteiger partial charge in [0.1, 0.15) is 6.10 Å². The van der Waals surface area contributed by atoms with Crippen molar-refractivity contribution < 1.29 is 9.53 Å². The van der Waals surface area contributed by atoms with E-state index in [4.69, 9.17) is 10.5 Å². The van der Waals surface area contributed by atoms with Crippen LogP contribution in [0, 0.1) is 5.92 Å². The van der Waals surface area contributed by atoms with Crippen LogP contribution in [0.25, 0.3) is 0 Å². The van der Waals surface area contributed by atoms with E-state index in [-0.39, 0.29) is 36.5 Å². The molecule has 0 spiro atoms. The fourth-order valence-corrected chi connectivity index (χ4v) is 2.56. The maximum Gasteiger partial charge on any atom is 0.251 e. The molecule has 0 aromatic heterocycles. The molecule has 3 atom stereocenters. The van der Waals surface area contributed by atoms with E-state index in [2.05, 4.69) is 13.8 Å². The van der Waals surface area contributed by atoms with Crippen LogP contribution in [0.2, 0.25) is 0 Å².